The Morgan fingerprint density at radius 3 is 2.40 bits per heavy atom. The van der Waals surface area contributed by atoms with Gasteiger partial charge in [0.05, 0.1) is 28.9 Å². The maximum atomic E-state index is 14.7. The van der Waals surface area contributed by atoms with Crippen molar-refractivity contribution in [3.8, 4) is 11.3 Å². The first-order valence-electron chi connectivity index (χ1n) is 9.74. The Kier molecular flexibility index (Phi) is 4.22. The van der Waals surface area contributed by atoms with Crippen molar-refractivity contribution in [2.75, 3.05) is 6.61 Å². The summed E-state index contributed by atoms with van der Waals surface area (Å²) in [7, 11) is 3.10. The van der Waals surface area contributed by atoms with Gasteiger partial charge in [0.2, 0.25) is 0 Å². The zero-order chi connectivity index (χ0) is 21.0. The van der Waals surface area contributed by atoms with Gasteiger partial charge in [0, 0.05) is 26.2 Å². The Labute approximate surface area is 171 Å². The van der Waals surface area contributed by atoms with Crippen LogP contribution in [0.1, 0.15) is 17.4 Å². The summed E-state index contributed by atoms with van der Waals surface area (Å²) in [5.41, 5.74) is 2.26. The number of rotatable bonds is 2. The molecule has 152 valence electrons. The fourth-order valence-electron chi connectivity index (χ4n) is 4.40. The number of hydrogen-bond donors (Lipinski definition) is 0. The molecule has 3 heterocycles. The number of aryl methyl sites for hydroxylation is 1. The molecule has 0 radical (unpaired) electrons. The van der Waals surface area contributed by atoms with E-state index < -0.39 is 11.8 Å². The van der Waals surface area contributed by atoms with Crippen molar-refractivity contribution in [1.82, 2.24) is 13.7 Å². The molecule has 1 aliphatic heterocycles. The van der Waals surface area contributed by atoms with Crippen LogP contribution in [0.3, 0.4) is 0 Å². The highest BCUT2D eigenvalue weighted by molar-refractivity contribution is 5.96. The fourth-order valence-corrected chi connectivity index (χ4v) is 4.40. The molecular weight excluding hydrogens is 385 g/mol. The number of benzene rings is 2. The Hall–Kier alpha value is -3.45. The topological polar surface area (TPSA) is 58.2 Å². The first kappa shape index (κ1) is 18.6. The van der Waals surface area contributed by atoms with Gasteiger partial charge in [-0.3, -0.25) is 13.9 Å². The molecule has 0 aliphatic carbocycles. The molecule has 0 unspecified atom stereocenters. The number of aromatic nitrogens is 3. The monoisotopic (exact) mass is 405 g/mol. The Morgan fingerprint density at radius 1 is 0.967 bits per heavy atom. The standard InChI is InChI=1S/C23H20FN3O3/c1-25-19-17(22(28)26(2)23(25)29)18(14-8-4-3-5-9-14)27-12-13-30-21(20(19)27)15-10-6-7-11-16(15)24/h3-11,21H,12-13H2,1-2H3/t21-/m0/s1. The quantitative estimate of drug-likeness (QED) is 0.515. The number of fused-ring (bicyclic) bond motifs is 3. The van der Waals surface area contributed by atoms with Gasteiger partial charge in [-0.05, 0) is 11.6 Å². The molecule has 1 aliphatic rings. The molecule has 30 heavy (non-hydrogen) atoms. The van der Waals surface area contributed by atoms with Gasteiger partial charge in [0.15, 0.2) is 0 Å². The summed E-state index contributed by atoms with van der Waals surface area (Å²) in [6.45, 7) is 0.859. The molecule has 5 rings (SSSR count). The lowest BCUT2D eigenvalue weighted by Gasteiger charge is -2.28. The third kappa shape index (κ3) is 2.52. The van der Waals surface area contributed by atoms with Gasteiger partial charge < -0.3 is 9.30 Å². The fraction of sp³-hybridized carbons (Fsp3) is 0.217. The predicted molar refractivity (Wildman–Crippen MR) is 112 cm³/mol. The van der Waals surface area contributed by atoms with E-state index in [0.717, 1.165) is 15.8 Å². The third-order valence-corrected chi connectivity index (χ3v) is 5.79. The molecule has 2 aromatic heterocycles. The zero-order valence-corrected chi connectivity index (χ0v) is 16.6. The second-order valence-electron chi connectivity index (χ2n) is 7.45. The number of ether oxygens (including phenoxy) is 1. The van der Waals surface area contributed by atoms with Crippen LogP contribution in [0.4, 0.5) is 4.39 Å². The van der Waals surface area contributed by atoms with Crippen LogP contribution in [0.15, 0.2) is 64.2 Å². The Morgan fingerprint density at radius 2 is 1.67 bits per heavy atom. The molecule has 7 heteroatoms. The smallest absolute Gasteiger partial charge is 0.331 e. The van der Waals surface area contributed by atoms with Gasteiger partial charge in [-0.15, -0.1) is 0 Å². The molecular formula is C23H20FN3O3. The minimum Gasteiger partial charge on any atom is -0.365 e. The molecule has 0 N–H and O–H groups in total. The molecule has 6 nitrogen and oxygen atoms in total. The maximum Gasteiger partial charge on any atom is 0.331 e. The average Bonchev–Trinajstić information content (AvgIpc) is 3.13. The Bertz CT molecular complexity index is 1400. The van der Waals surface area contributed by atoms with Crippen LogP contribution in [-0.4, -0.2) is 20.3 Å². The first-order chi connectivity index (χ1) is 14.5. The summed E-state index contributed by atoms with van der Waals surface area (Å²) < 4.78 is 25.3. The summed E-state index contributed by atoms with van der Waals surface area (Å²) in [5.74, 6) is -0.389. The van der Waals surface area contributed by atoms with Gasteiger partial charge >= 0.3 is 5.69 Å². The molecule has 0 saturated carbocycles. The van der Waals surface area contributed by atoms with E-state index in [9.17, 15) is 14.0 Å². The van der Waals surface area contributed by atoms with Crippen LogP contribution in [-0.2, 0) is 25.4 Å². The normalized spacial score (nSPS) is 16.0. The number of halogens is 1. The van der Waals surface area contributed by atoms with Crippen molar-refractivity contribution >= 4 is 10.9 Å². The van der Waals surface area contributed by atoms with Gasteiger partial charge in [0.25, 0.3) is 5.56 Å². The predicted octanol–water partition coefficient (Wildman–Crippen LogP) is 2.96. The highest BCUT2D eigenvalue weighted by atomic mass is 19.1. The van der Waals surface area contributed by atoms with Crippen LogP contribution in [0.5, 0.6) is 0 Å². The van der Waals surface area contributed by atoms with Gasteiger partial charge in [-0.25, -0.2) is 9.18 Å². The summed E-state index contributed by atoms with van der Waals surface area (Å²) in [5, 5.41) is 0.438. The minimum atomic E-state index is -0.724. The van der Waals surface area contributed by atoms with E-state index in [-0.39, 0.29) is 11.4 Å². The van der Waals surface area contributed by atoms with E-state index in [0.29, 0.717) is 35.3 Å². The molecule has 4 aromatic rings. The summed E-state index contributed by atoms with van der Waals surface area (Å²) in [4.78, 5) is 26.0. The lowest BCUT2D eigenvalue weighted by molar-refractivity contribution is 0.0457. The Balaban J connectivity index is 1.98. The van der Waals surface area contributed by atoms with Crippen LogP contribution in [0.25, 0.3) is 22.2 Å². The van der Waals surface area contributed by atoms with E-state index in [1.165, 1.54) is 17.7 Å². The molecule has 0 fully saturated rings. The van der Waals surface area contributed by atoms with Gasteiger partial charge in [0.1, 0.15) is 11.9 Å². The van der Waals surface area contributed by atoms with Crippen LogP contribution in [0, 0.1) is 5.82 Å². The zero-order valence-electron chi connectivity index (χ0n) is 16.6. The number of nitrogens with zero attached hydrogens (tertiary/aromatic N) is 3. The van der Waals surface area contributed by atoms with Crippen molar-refractivity contribution in [3.05, 3.63) is 92.5 Å². The largest absolute Gasteiger partial charge is 0.365 e. The summed E-state index contributed by atoms with van der Waals surface area (Å²) >= 11 is 0. The van der Waals surface area contributed by atoms with Gasteiger partial charge in [-0.1, -0.05) is 48.5 Å². The molecule has 1 atom stereocenters. The van der Waals surface area contributed by atoms with Crippen LogP contribution >= 0.6 is 0 Å². The minimum absolute atomic E-state index is 0.362. The molecule has 0 bridgehead atoms. The summed E-state index contributed by atoms with van der Waals surface area (Å²) in [6.07, 6.45) is -0.724. The lowest BCUT2D eigenvalue weighted by atomic mass is 10.0. The van der Waals surface area contributed by atoms with Crippen molar-refractivity contribution in [2.45, 2.75) is 12.6 Å². The second-order valence-corrected chi connectivity index (χ2v) is 7.45. The average molecular weight is 405 g/mol. The van der Waals surface area contributed by atoms with Crippen LogP contribution in [0.2, 0.25) is 0 Å². The second kappa shape index (κ2) is 6.81. The van der Waals surface area contributed by atoms with Gasteiger partial charge in [-0.2, -0.15) is 0 Å². The van der Waals surface area contributed by atoms with Crippen molar-refractivity contribution in [3.63, 3.8) is 0 Å². The lowest BCUT2D eigenvalue weighted by Crippen LogP contribution is -2.37. The molecule has 0 spiro atoms. The summed E-state index contributed by atoms with van der Waals surface area (Å²) in [6, 6.07) is 16.0. The number of hydrogen-bond acceptors (Lipinski definition) is 3. The first-order valence-corrected chi connectivity index (χ1v) is 9.74. The molecule has 2 aromatic carbocycles. The van der Waals surface area contributed by atoms with E-state index >= 15 is 0 Å². The highest BCUT2D eigenvalue weighted by Gasteiger charge is 2.34. The van der Waals surface area contributed by atoms with E-state index in [1.807, 2.05) is 34.9 Å². The highest BCUT2D eigenvalue weighted by Crippen LogP contribution is 2.40. The molecule has 0 saturated heterocycles. The van der Waals surface area contributed by atoms with Crippen LogP contribution < -0.4 is 11.2 Å². The van der Waals surface area contributed by atoms with Crippen molar-refractivity contribution < 1.29 is 9.13 Å². The van der Waals surface area contributed by atoms with E-state index in [1.54, 1.807) is 25.2 Å². The SMILES string of the molecule is Cn1c(=O)c2c(-c3ccccc3)n3c(c2n(C)c1=O)[C@H](c1ccccc1F)OCC3. The third-order valence-electron chi connectivity index (χ3n) is 5.79. The van der Waals surface area contributed by atoms with Crippen molar-refractivity contribution in [2.24, 2.45) is 14.1 Å². The van der Waals surface area contributed by atoms with Crippen molar-refractivity contribution in [1.29, 1.82) is 0 Å². The van der Waals surface area contributed by atoms with E-state index in [4.69, 9.17) is 4.74 Å². The van der Waals surface area contributed by atoms with E-state index in [2.05, 4.69) is 0 Å². The maximum absolute atomic E-state index is 14.7. The molecule has 0 amide bonds.